The maximum absolute atomic E-state index is 13.8. The molecule has 0 saturated carbocycles. The van der Waals surface area contributed by atoms with Gasteiger partial charge < -0.3 is 0 Å². The lowest BCUT2D eigenvalue weighted by Gasteiger charge is -2.26. The lowest BCUT2D eigenvalue weighted by Crippen LogP contribution is -2.33. The van der Waals surface area contributed by atoms with Gasteiger partial charge in [0.15, 0.2) is 0 Å². The summed E-state index contributed by atoms with van der Waals surface area (Å²) in [6, 6.07) is 31.9. The van der Waals surface area contributed by atoms with Gasteiger partial charge in [-0.15, -0.1) is 0 Å². The van der Waals surface area contributed by atoms with Crippen molar-refractivity contribution in [3.63, 3.8) is 0 Å². The predicted molar refractivity (Wildman–Crippen MR) is 144 cm³/mol. The third-order valence-electron chi connectivity index (χ3n) is 5.71. The molecule has 0 radical (unpaired) electrons. The molecule has 4 aromatic rings. The number of sulfonamides is 1. The minimum Gasteiger partial charge on any atom is -0.267 e. The largest absolute Gasteiger partial charge is 0.273 e. The average Bonchev–Trinajstić information content (AvgIpc) is 2.91. The second-order valence-corrected chi connectivity index (χ2v) is 10.2. The van der Waals surface area contributed by atoms with E-state index in [2.05, 4.69) is 10.5 Å². The van der Waals surface area contributed by atoms with Gasteiger partial charge in [0, 0.05) is 0 Å². The molecule has 7 heteroatoms. The summed E-state index contributed by atoms with van der Waals surface area (Å²) in [5.74, 6) is -0.501. The Morgan fingerprint density at radius 1 is 0.806 bits per heavy atom. The van der Waals surface area contributed by atoms with Gasteiger partial charge >= 0.3 is 0 Å². The van der Waals surface area contributed by atoms with Gasteiger partial charge in [-0.3, -0.25) is 9.10 Å². The third-order valence-corrected chi connectivity index (χ3v) is 7.49. The van der Waals surface area contributed by atoms with Gasteiger partial charge in [0.05, 0.1) is 28.4 Å². The summed E-state index contributed by atoms with van der Waals surface area (Å²) < 4.78 is 28.8. The van der Waals surface area contributed by atoms with Crippen LogP contribution in [0.15, 0.2) is 119 Å². The highest BCUT2D eigenvalue weighted by molar-refractivity contribution is 7.92. The number of anilines is 1. The molecule has 0 spiro atoms. The van der Waals surface area contributed by atoms with Gasteiger partial charge in [-0.05, 0) is 49.2 Å². The van der Waals surface area contributed by atoms with Crippen molar-refractivity contribution in [1.29, 1.82) is 0 Å². The van der Waals surface area contributed by atoms with E-state index in [0.29, 0.717) is 5.71 Å². The summed E-state index contributed by atoms with van der Waals surface area (Å²) in [5, 5.41) is 4.25. The van der Waals surface area contributed by atoms with Crippen LogP contribution >= 0.6 is 0 Å². The van der Waals surface area contributed by atoms with Crippen LogP contribution < -0.4 is 9.73 Å². The first-order valence-corrected chi connectivity index (χ1v) is 12.9. The lowest BCUT2D eigenvalue weighted by molar-refractivity contribution is 0.0955. The topological polar surface area (TPSA) is 78.8 Å². The molecule has 182 valence electrons. The minimum atomic E-state index is -3.97. The number of carbonyl (C=O) groups is 1. The second kappa shape index (κ2) is 11.0. The predicted octanol–water partition coefficient (Wildman–Crippen LogP) is 5.54. The zero-order valence-corrected chi connectivity index (χ0v) is 20.9. The van der Waals surface area contributed by atoms with Crippen molar-refractivity contribution in [3.05, 3.63) is 131 Å². The molecule has 0 aliphatic rings. The van der Waals surface area contributed by atoms with Crippen LogP contribution in [0.4, 0.5) is 5.69 Å². The number of amides is 1. The van der Waals surface area contributed by atoms with Gasteiger partial charge in [0.1, 0.15) is 0 Å². The van der Waals surface area contributed by atoms with E-state index in [1.807, 2.05) is 61.5 Å². The zero-order chi connectivity index (χ0) is 25.5. The fourth-order valence-electron chi connectivity index (χ4n) is 3.71. The molecular weight excluding hydrogens is 470 g/mol. The van der Waals surface area contributed by atoms with Gasteiger partial charge in [0.2, 0.25) is 0 Å². The first-order valence-electron chi connectivity index (χ1n) is 11.5. The number of carbonyl (C=O) groups excluding carboxylic acids is 1. The lowest BCUT2D eigenvalue weighted by atomic mass is 10.1. The van der Waals surface area contributed by atoms with E-state index in [9.17, 15) is 13.2 Å². The molecule has 0 fully saturated rings. The summed E-state index contributed by atoms with van der Waals surface area (Å²) in [6.07, 6.45) is 0. The molecule has 36 heavy (non-hydrogen) atoms. The van der Waals surface area contributed by atoms with Crippen molar-refractivity contribution in [2.24, 2.45) is 5.10 Å². The summed E-state index contributed by atoms with van der Waals surface area (Å²) in [4.78, 5) is 13.4. The highest BCUT2D eigenvalue weighted by Crippen LogP contribution is 2.29. The van der Waals surface area contributed by atoms with Crippen LogP contribution in [0.3, 0.4) is 0 Å². The van der Waals surface area contributed by atoms with Gasteiger partial charge in [-0.25, -0.2) is 13.8 Å². The van der Waals surface area contributed by atoms with Crippen molar-refractivity contribution >= 4 is 27.3 Å². The Morgan fingerprint density at radius 3 is 2.06 bits per heavy atom. The second-order valence-electron chi connectivity index (χ2n) is 8.33. The average molecular weight is 498 g/mol. The highest BCUT2D eigenvalue weighted by atomic mass is 32.2. The van der Waals surface area contributed by atoms with E-state index < -0.39 is 15.9 Å². The first-order chi connectivity index (χ1) is 17.4. The summed E-state index contributed by atoms with van der Waals surface area (Å²) >= 11 is 0. The number of hydrogen-bond acceptors (Lipinski definition) is 4. The van der Waals surface area contributed by atoms with E-state index in [0.717, 1.165) is 16.7 Å². The Morgan fingerprint density at radius 2 is 1.39 bits per heavy atom. The minimum absolute atomic E-state index is 0.0635. The molecular formula is C29H27N3O3S. The Balaban J connectivity index is 1.71. The van der Waals surface area contributed by atoms with Crippen LogP contribution in [-0.4, -0.2) is 20.0 Å². The molecule has 0 saturated heterocycles. The third kappa shape index (κ3) is 5.70. The molecule has 6 nitrogen and oxygen atoms in total. The molecule has 0 aliphatic heterocycles. The molecule has 1 N–H and O–H groups in total. The van der Waals surface area contributed by atoms with Gasteiger partial charge in [-0.2, -0.15) is 5.10 Å². The number of para-hydroxylation sites is 1. The molecule has 0 heterocycles. The van der Waals surface area contributed by atoms with Crippen molar-refractivity contribution < 1.29 is 13.2 Å². The van der Waals surface area contributed by atoms with Crippen molar-refractivity contribution in [3.8, 4) is 0 Å². The molecule has 0 atom stereocenters. The van der Waals surface area contributed by atoms with Crippen LogP contribution in [0, 0.1) is 6.92 Å². The number of hydrogen-bond donors (Lipinski definition) is 1. The Kier molecular flexibility index (Phi) is 7.61. The van der Waals surface area contributed by atoms with E-state index in [-0.39, 0.29) is 22.7 Å². The number of hydrazone groups is 1. The van der Waals surface area contributed by atoms with Crippen LogP contribution in [0.2, 0.25) is 0 Å². The Labute approximate surface area is 212 Å². The van der Waals surface area contributed by atoms with Crippen molar-refractivity contribution in [1.82, 2.24) is 5.43 Å². The summed E-state index contributed by atoms with van der Waals surface area (Å²) in [7, 11) is -3.97. The molecule has 1 amide bonds. The number of benzene rings is 4. The molecule has 4 rings (SSSR count). The molecule has 0 unspecified atom stereocenters. The number of rotatable bonds is 8. The van der Waals surface area contributed by atoms with E-state index in [1.54, 1.807) is 61.5 Å². The smallest absolute Gasteiger partial charge is 0.267 e. The standard InChI is InChI=1S/C29H27N3O3S/c1-22-17-19-25(20-18-22)23(2)30-31-29(33)27-15-9-10-16-28(27)32(21-24-11-5-3-6-12-24)36(34,35)26-13-7-4-8-14-26/h3-20H,21H2,1-2H3,(H,31,33)/b30-23+. The monoisotopic (exact) mass is 497 g/mol. The van der Waals surface area contributed by atoms with Crippen LogP contribution in [-0.2, 0) is 16.6 Å². The summed E-state index contributed by atoms with van der Waals surface area (Å²) in [5.41, 5.74) is 6.50. The SMILES string of the molecule is C/C(=N\NC(=O)c1ccccc1N(Cc1ccccc1)S(=O)(=O)c1ccccc1)c1ccc(C)cc1. The van der Waals surface area contributed by atoms with Crippen LogP contribution in [0.1, 0.15) is 34.0 Å². The van der Waals surface area contributed by atoms with Gasteiger partial charge in [-0.1, -0.05) is 90.5 Å². The fourth-order valence-corrected chi connectivity index (χ4v) is 5.20. The van der Waals surface area contributed by atoms with Crippen molar-refractivity contribution in [2.75, 3.05) is 4.31 Å². The maximum atomic E-state index is 13.8. The van der Waals surface area contributed by atoms with E-state index >= 15 is 0 Å². The fraction of sp³-hybridized carbons (Fsp3) is 0.103. The van der Waals surface area contributed by atoms with Crippen molar-refractivity contribution in [2.45, 2.75) is 25.3 Å². The molecule has 0 aromatic heterocycles. The molecule has 0 bridgehead atoms. The number of aryl methyl sites for hydroxylation is 1. The quantitative estimate of drug-likeness (QED) is 0.256. The van der Waals surface area contributed by atoms with Crippen LogP contribution in [0.5, 0.6) is 0 Å². The normalized spacial score (nSPS) is 11.7. The summed E-state index contributed by atoms with van der Waals surface area (Å²) in [6.45, 7) is 3.87. The molecule has 4 aromatic carbocycles. The first kappa shape index (κ1) is 24.9. The molecule has 0 aliphatic carbocycles. The number of nitrogens with zero attached hydrogens (tertiary/aromatic N) is 2. The van der Waals surface area contributed by atoms with E-state index in [4.69, 9.17) is 0 Å². The highest BCUT2D eigenvalue weighted by Gasteiger charge is 2.28. The maximum Gasteiger partial charge on any atom is 0.273 e. The zero-order valence-electron chi connectivity index (χ0n) is 20.1. The Hall–Kier alpha value is -4.23. The van der Waals surface area contributed by atoms with Gasteiger partial charge in [0.25, 0.3) is 15.9 Å². The van der Waals surface area contributed by atoms with Crippen LogP contribution in [0.25, 0.3) is 0 Å². The Bertz CT molecular complexity index is 1470. The number of nitrogens with one attached hydrogen (secondary N) is 1. The van der Waals surface area contributed by atoms with E-state index in [1.165, 1.54) is 4.31 Å².